The molecule has 0 spiro atoms. The van der Waals surface area contributed by atoms with Crippen LogP contribution in [0.2, 0.25) is 0 Å². The molecule has 29 heavy (non-hydrogen) atoms. The van der Waals surface area contributed by atoms with E-state index >= 15 is 0 Å². The summed E-state index contributed by atoms with van der Waals surface area (Å²) in [7, 11) is -3.13. The van der Waals surface area contributed by atoms with Crippen molar-refractivity contribution in [3.05, 3.63) is 70.8 Å². The Morgan fingerprint density at radius 2 is 1.48 bits per heavy atom. The minimum atomic E-state index is -3.13. The van der Waals surface area contributed by atoms with Gasteiger partial charge in [-0.3, -0.25) is 4.79 Å². The number of hydrogen-bond donors (Lipinski definition) is 0. The van der Waals surface area contributed by atoms with Crippen molar-refractivity contribution in [2.75, 3.05) is 12.9 Å². The number of Topliss-reactive ketones (excluding diaryl/α,β-unsaturated/α-hetero) is 1. The maximum absolute atomic E-state index is 12.3. The van der Waals surface area contributed by atoms with E-state index in [1.807, 2.05) is 12.1 Å². The van der Waals surface area contributed by atoms with E-state index < -0.39 is 15.8 Å². The van der Waals surface area contributed by atoms with Gasteiger partial charge in [0.25, 0.3) is 0 Å². The highest BCUT2D eigenvalue weighted by Crippen LogP contribution is 2.32. The average Bonchev–Trinajstić information content (AvgIpc) is 2.72. The fourth-order valence-corrected chi connectivity index (χ4v) is 4.51. The maximum atomic E-state index is 12.3. The number of rotatable bonds is 7. The molecule has 3 rings (SSSR count). The summed E-state index contributed by atoms with van der Waals surface area (Å²) in [5.41, 5.74) is 2.68. The van der Waals surface area contributed by atoms with Gasteiger partial charge in [0.1, 0.15) is 0 Å². The van der Waals surface area contributed by atoms with Gasteiger partial charge in [-0.1, -0.05) is 55.7 Å². The molecule has 1 aliphatic carbocycles. The number of hydrogen-bond acceptors (Lipinski definition) is 5. The van der Waals surface area contributed by atoms with Gasteiger partial charge in [0, 0.05) is 11.8 Å². The number of sulfone groups is 1. The highest BCUT2D eigenvalue weighted by atomic mass is 32.2. The summed E-state index contributed by atoms with van der Waals surface area (Å²) in [6.07, 6.45) is 7.39. The van der Waals surface area contributed by atoms with Gasteiger partial charge >= 0.3 is 5.97 Å². The van der Waals surface area contributed by atoms with Crippen molar-refractivity contribution in [1.29, 1.82) is 0 Å². The van der Waals surface area contributed by atoms with Gasteiger partial charge in [0.05, 0.1) is 11.3 Å². The third-order valence-corrected chi connectivity index (χ3v) is 6.12. The molecule has 0 heterocycles. The molecule has 5 nitrogen and oxygen atoms in total. The summed E-state index contributed by atoms with van der Waals surface area (Å²) in [5.74, 6) is -0.362. The van der Waals surface area contributed by atoms with Gasteiger partial charge in [-0.15, -0.1) is 0 Å². The van der Waals surface area contributed by atoms with Crippen LogP contribution in [0.3, 0.4) is 0 Å². The summed E-state index contributed by atoms with van der Waals surface area (Å²) in [5, 5.41) is 0. The Morgan fingerprint density at radius 3 is 2.07 bits per heavy atom. The first-order valence-electron chi connectivity index (χ1n) is 9.89. The normalized spacial score (nSPS) is 15.1. The summed E-state index contributed by atoms with van der Waals surface area (Å²) in [6.45, 7) is -0.327. The molecular formula is C23H26O5S. The molecule has 0 atom stereocenters. The van der Waals surface area contributed by atoms with E-state index in [-0.39, 0.29) is 23.7 Å². The molecule has 1 saturated carbocycles. The van der Waals surface area contributed by atoms with Crippen LogP contribution in [-0.4, -0.2) is 33.0 Å². The van der Waals surface area contributed by atoms with Crippen molar-refractivity contribution in [3.8, 4) is 0 Å². The summed E-state index contributed by atoms with van der Waals surface area (Å²) in [6, 6.07) is 13.8. The van der Waals surface area contributed by atoms with Crippen molar-refractivity contribution in [1.82, 2.24) is 0 Å². The zero-order valence-corrected chi connectivity index (χ0v) is 17.4. The van der Waals surface area contributed by atoms with Crippen molar-refractivity contribution >= 4 is 21.6 Å². The molecule has 2 aromatic carbocycles. The molecule has 0 saturated heterocycles. The van der Waals surface area contributed by atoms with Crippen LogP contribution in [0.4, 0.5) is 0 Å². The number of ether oxygens (including phenoxy) is 1. The smallest absolute Gasteiger partial charge is 0.338 e. The van der Waals surface area contributed by atoms with Crippen molar-refractivity contribution in [2.45, 2.75) is 43.8 Å². The highest BCUT2D eigenvalue weighted by Gasteiger charge is 2.17. The van der Waals surface area contributed by atoms with Gasteiger partial charge in [-0.05, 0) is 42.0 Å². The monoisotopic (exact) mass is 414 g/mol. The zero-order chi connectivity index (χ0) is 20.9. The number of carbonyl (C=O) groups excluding carboxylic acids is 2. The molecule has 0 aliphatic heterocycles. The molecule has 6 heteroatoms. The SMILES string of the molecule is CS(=O)(=O)Cc1ccc(C(=O)OCC(=O)c2ccc(C3CCCCC3)cc2)cc1. The van der Waals surface area contributed by atoms with Crippen LogP contribution in [0.25, 0.3) is 0 Å². The molecule has 1 fully saturated rings. The Balaban J connectivity index is 1.53. The minimum absolute atomic E-state index is 0.0856. The fourth-order valence-electron chi connectivity index (χ4n) is 3.71. The van der Waals surface area contributed by atoms with Crippen LogP contribution < -0.4 is 0 Å². The van der Waals surface area contributed by atoms with E-state index in [2.05, 4.69) is 0 Å². The minimum Gasteiger partial charge on any atom is -0.454 e. The van der Waals surface area contributed by atoms with Crippen LogP contribution in [0.15, 0.2) is 48.5 Å². The van der Waals surface area contributed by atoms with E-state index in [4.69, 9.17) is 4.74 Å². The number of benzene rings is 2. The first kappa shape index (κ1) is 21.2. The van der Waals surface area contributed by atoms with Crippen molar-refractivity contribution in [2.24, 2.45) is 0 Å². The fraction of sp³-hybridized carbons (Fsp3) is 0.391. The predicted octanol–water partition coefficient (Wildman–Crippen LogP) is 4.32. The average molecular weight is 415 g/mol. The van der Waals surface area contributed by atoms with E-state index in [1.54, 1.807) is 24.3 Å². The van der Waals surface area contributed by atoms with E-state index in [0.29, 0.717) is 17.0 Å². The lowest BCUT2D eigenvalue weighted by atomic mass is 9.84. The van der Waals surface area contributed by atoms with Crippen LogP contribution >= 0.6 is 0 Å². The van der Waals surface area contributed by atoms with Crippen molar-refractivity contribution < 1.29 is 22.7 Å². The van der Waals surface area contributed by atoms with Crippen LogP contribution in [0, 0.1) is 0 Å². The molecule has 0 radical (unpaired) electrons. The Kier molecular flexibility index (Phi) is 6.85. The second-order valence-corrected chi connectivity index (χ2v) is 9.86. The number of carbonyl (C=O) groups is 2. The lowest BCUT2D eigenvalue weighted by Gasteiger charge is -2.22. The number of esters is 1. The molecule has 154 valence electrons. The lowest BCUT2D eigenvalue weighted by Crippen LogP contribution is -2.14. The van der Waals surface area contributed by atoms with E-state index in [1.165, 1.54) is 49.8 Å². The van der Waals surface area contributed by atoms with Gasteiger partial charge < -0.3 is 4.74 Å². The Morgan fingerprint density at radius 1 is 0.897 bits per heavy atom. The molecule has 0 aromatic heterocycles. The number of ketones is 1. The summed E-state index contributed by atoms with van der Waals surface area (Å²) in [4.78, 5) is 24.5. The molecule has 0 unspecified atom stereocenters. The van der Waals surface area contributed by atoms with E-state index in [9.17, 15) is 18.0 Å². The topological polar surface area (TPSA) is 77.5 Å². The van der Waals surface area contributed by atoms with Crippen LogP contribution in [0.1, 0.15) is 69.9 Å². The third-order valence-electron chi connectivity index (χ3n) is 5.26. The van der Waals surface area contributed by atoms with Gasteiger partial charge in [-0.2, -0.15) is 0 Å². The Hall–Kier alpha value is -2.47. The molecule has 0 N–H and O–H groups in total. The predicted molar refractivity (Wildman–Crippen MR) is 112 cm³/mol. The first-order valence-corrected chi connectivity index (χ1v) is 11.9. The third kappa shape index (κ3) is 6.26. The van der Waals surface area contributed by atoms with E-state index in [0.717, 1.165) is 6.26 Å². The van der Waals surface area contributed by atoms with Gasteiger partial charge in [-0.25, -0.2) is 13.2 Å². The second-order valence-electron chi connectivity index (χ2n) is 7.72. The zero-order valence-electron chi connectivity index (χ0n) is 16.6. The van der Waals surface area contributed by atoms with Crippen molar-refractivity contribution in [3.63, 3.8) is 0 Å². The molecule has 1 aliphatic rings. The summed E-state index contributed by atoms with van der Waals surface area (Å²) < 4.78 is 27.8. The Bertz CT molecular complexity index is 953. The molecule has 0 bridgehead atoms. The van der Waals surface area contributed by atoms with Crippen LogP contribution in [0.5, 0.6) is 0 Å². The molecule has 0 amide bonds. The second kappa shape index (κ2) is 9.35. The highest BCUT2D eigenvalue weighted by molar-refractivity contribution is 7.89. The van der Waals surface area contributed by atoms with Gasteiger partial charge in [0.2, 0.25) is 0 Å². The maximum Gasteiger partial charge on any atom is 0.338 e. The molecular weight excluding hydrogens is 388 g/mol. The summed E-state index contributed by atoms with van der Waals surface area (Å²) >= 11 is 0. The largest absolute Gasteiger partial charge is 0.454 e. The lowest BCUT2D eigenvalue weighted by molar-refractivity contribution is 0.0474. The molecule has 2 aromatic rings. The first-order chi connectivity index (χ1) is 13.8. The Labute approximate surface area is 172 Å². The van der Waals surface area contributed by atoms with Gasteiger partial charge in [0.15, 0.2) is 22.2 Å². The quantitative estimate of drug-likeness (QED) is 0.498. The standard InChI is InChI=1S/C23H26O5S/c1-29(26,27)16-17-7-9-21(10-8-17)23(25)28-15-22(24)20-13-11-19(12-14-20)18-5-3-2-4-6-18/h7-14,18H,2-6,15-16H2,1H3. The van der Waals surface area contributed by atoms with Crippen LogP contribution in [-0.2, 0) is 20.3 Å².